The van der Waals surface area contributed by atoms with Crippen molar-refractivity contribution in [1.29, 1.82) is 0 Å². The first-order valence-corrected chi connectivity index (χ1v) is 7.99. The molecule has 0 spiro atoms. The lowest BCUT2D eigenvalue weighted by atomic mass is 10.1. The summed E-state index contributed by atoms with van der Waals surface area (Å²) in [4.78, 5) is 34.1. The molecule has 1 aromatic rings. The SMILES string of the molecule is CC(C)NC(=O)c1ccc(NCCNC(=O)C2CC2)c([N+](=O)[O-])c1. The standard InChI is InChI=1S/C16H22N4O4/c1-10(2)19-16(22)12-5-6-13(14(9-12)20(23)24)17-7-8-18-15(21)11-3-4-11/h5-6,9-11,17H,3-4,7-8H2,1-2H3,(H,18,21)(H,19,22). The largest absolute Gasteiger partial charge is 0.378 e. The van der Waals surface area contributed by atoms with E-state index in [0.717, 1.165) is 12.8 Å². The van der Waals surface area contributed by atoms with Crippen molar-refractivity contribution in [2.45, 2.75) is 32.7 Å². The van der Waals surface area contributed by atoms with E-state index >= 15 is 0 Å². The molecule has 0 radical (unpaired) electrons. The Balaban J connectivity index is 1.96. The second-order valence-corrected chi connectivity index (χ2v) is 6.11. The summed E-state index contributed by atoms with van der Waals surface area (Å²) in [5, 5.41) is 19.6. The fourth-order valence-electron chi connectivity index (χ4n) is 2.19. The van der Waals surface area contributed by atoms with Gasteiger partial charge in [-0.2, -0.15) is 0 Å². The van der Waals surface area contributed by atoms with Crippen molar-refractivity contribution in [3.63, 3.8) is 0 Å². The molecule has 0 atom stereocenters. The first-order chi connectivity index (χ1) is 11.4. The maximum atomic E-state index is 11.9. The topological polar surface area (TPSA) is 113 Å². The quantitative estimate of drug-likeness (QED) is 0.380. The number of carbonyl (C=O) groups is 2. The minimum absolute atomic E-state index is 0.0343. The average molecular weight is 334 g/mol. The minimum Gasteiger partial charge on any atom is -0.378 e. The molecular formula is C16H22N4O4. The highest BCUT2D eigenvalue weighted by atomic mass is 16.6. The fourth-order valence-corrected chi connectivity index (χ4v) is 2.19. The van der Waals surface area contributed by atoms with Gasteiger partial charge in [-0.3, -0.25) is 19.7 Å². The second kappa shape index (κ2) is 7.76. The van der Waals surface area contributed by atoms with E-state index in [2.05, 4.69) is 16.0 Å². The Labute approximate surface area is 140 Å². The van der Waals surface area contributed by atoms with E-state index in [0.29, 0.717) is 18.8 Å². The summed E-state index contributed by atoms with van der Waals surface area (Å²) in [7, 11) is 0. The van der Waals surface area contributed by atoms with Crippen LogP contribution in [0.1, 0.15) is 37.0 Å². The predicted octanol–water partition coefficient (Wildman–Crippen LogP) is 1.67. The number of nitrogens with one attached hydrogen (secondary N) is 3. The molecule has 24 heavy (non-hydrogen) atoms. The van der Waals surface area contributed by atoms with E-state index in [1.54, 1.807) is 0 Å². The minimum atomic E-state index is -0.530. The molecule has 0 saturated heterocycles. The number of hydrogen-bond acceptors (Lipinski definition) is 5. The molecule has 1 aromatic carbocycles. The summed E-state index contributed by atoms with van der Waals surface area (Å²) in [5.41, 5.74) is 0.393. The van der Waals surface area contributed by atoms with Crippen LogP contribution in [0.2, 0.25) is 0 Å². The Bertz CT molecular complexity index is 641. The van der Waals surface area contributed by atoms with Crippen molar-refractivity contribution in [2.75, 3.05) is 18.4 Å². The molecule has 8 heteroatoms. The van der Waals surface area contributed by atoms with Crippen LogP contribution in [0.3, 0.4) is 0 Å². The van der Waals surface area contributed by atoms with Gasteiger partial charge in [0.2, 0.25) is 5.91 Å². The van der Waals surface area contributed by atoms with Gasteiger partial charge in [0.05, 0.1) is 4.92 Å². The Kier molecular flexibility index (Phi) is 5.73. The summed E-state index contributed by atoms with van der Waals surface area (Å²) in [6.07, 6.45) is 1.87. The van der Waals surface area contributed by atoms with E-state index in [1.165, 1.54) is 18.2 Å². The fraction of sp³-hybridized carbons (Fsp3) is 0.500. The Morgan fingerprint density at radius 3 is 2.58 bits per heavy atom. The van der Waals surface area contributed by atoms with Gasteiger partial charge in [0, 0.05) is 36.7 Å². The molecule has 1 fully saturated rings. The lowest BCUT2D eigenvalue weighted by Crippen LogP contribution is -2.30. The van der Waals surface area contributed by atoms with Crippen molar-refractivity contribution in [2.24, 2.45) is 5.92 Å². The molecule has 0 unspecified atom stereocenters. The molecule has 130 valence electrons. The molecule has 3 N–H and O–H groups in total. The van der Waals surface area contributed by atoms with Crippen molar-refractivity contribution in [3.05, 3.63) is 33.9 Å². The highest BCUT2D eigenvalue weighted by Crippen LogP contribution is 2.28. The Morgan fingerprint density at radius 2 is 2.00 bits per heavy atom. The molecule has 8 nitrogen and oxygen atoms in total. The molecule has 1 saturated carbocycles. The molecule has 2 rings (SSSR count). The van der Waals surface area contributed by atoms with E-state index in [4.69, 9.17) is 0 Å². The number of amides is 2. The maximum absolute atomic E-state index is 11.9. The molecule has 2 amide bonds. The van der Waals surface area contributed by atoms with Crippen LogP contribution in [-0.4, -0.2) is 35.9 Å². The lowest BCUT2D eigenvalue weighted by molar-refractivity contribution is -0.384. The Morgan fingerprint density at radius 1 is 1.29 bits per heavy atom. The van der Waals surface area contributed by atoms with E-state index in [1.807, 2.05) is 13.8 Å². The monoisotopic (exact) mass is 334 g/mol. The average Bonchev–Trinajstić information content (AvgIpc) is 3.35. The third-order valence-corrected chi connectivity index (χ3v) is 3.56. The number of anilines is 1. The highest BCUT2D eigenvalue weighted by molar-refractivity contribution is 5.95. The van der Waals surface area contributed by atoms with Crippen LogP contribution in [0.4, 0.5) is 11.4 Å². The van der Waals surface area contributed by atoms with Crippen LogP contribution >= 0.6 is 0 Å². The van der Waals surface area contributed by atoms with E-state index in [9.17, 15) is 19.7 Å². The molecule has 0 bridgehead atoms. The van der Waals surface area contributed by atoms with Crippen LogP contribution in [0, 0.1) is 16.0 Å². The van der Waals surface area contributed by atoms with Crippen molar-refractivity contribution >= 4 is 23.2 Å². The number of nitrogens with zero attached hydrogens (tertiary/aromatic N) is 1. The third kappa shape index (κ3) is 4.94. The zero-order valence-corrected chi connectivity index (χ0v) is 13.8. The molecular weight excluding hydrogens is 312 g/mol. The van der Waals surface area contributed by atoms with E-state index in [-0.39, 0.29) is 35.0 Å². The van der Waals surface area contributed by atoms with Gasteiger partial charge in [-0.25, -0.2) is 0 Å². The smallest absolute Gasteiger partial charge is 0.293 e. The van der Waals surface area contributed by atoms with Gasteiger partial charge in [-0.05, 0) is 38.8 Å². The summed E-state index contributed by atoms with van der Waals surface area (Å²) < 4.78 is 0. The molecule has 0 aromatic heterocycles. The number of nitro benzene ring substituents is 1. The summed E-state index contributed by atoms with van der Waals surface area (Å²) >= 11 is 0. The number of carbonyl (C=O) groups excluding carboxylic acids is 2. The number of nitro groups is 1. The van der Waals surface area contributed by atoms with Crippen LogP contribution in [0.15, 0.2) is 18.2 Å². The second-order valence-electron chi connectivity index (χ2n) is 6.11. The number of benzene rings is 1. The lowest BCUT2D eigenvalue weighted by Gasteiger charge is -2.11. The molecule has 0 heterocycles. The van der Waals surface area contributed by atoms with Gasteiger partial charge in [0.15, 0.2) is 0 Å². The third-order valence-electron chi connectivity index (χ3n) is 3.56. The van der Waals surface area contributed by atoms with Crippen molar-refractivity contribution in [3.8, 4) is 0 Å². The number of hydrogen-bond donors (Lipinski definition) is 3. The Hall–Kier alpha value is -2.64. The predicted molar refractivity (Wildman–Crippen MR) is 89.9 cm³/mol. The summed E-state index contributed by atoms with van der Waals surface area (Å²) in [5.74, 6) is -0.179. The number of rotatable bonds is 8. The molecule has 1 aliphatic carbocycles. The highest BCUT2D eigenvalue weighted by Gasteiger charge is 2.29. The zero-order chi connectivity index (χ0) is 17.7. The van der Waals surface area contributed by atoms with Crippen molar-refractivity contribution < 1.29 is 14.5 Å². The first-order valence-electron chi connectivity index (χ1n) is 7.99. The van der Waals surface area contributed by atoms with Gasteiger partial charge in [-0.15, -0.1) is 0 Å². The van der Waals surface area contributed by atoms with Crippen molar-refractivity contribution in [1.82, 2.24) is 10.6 Å². The van der Waals surface area contributed by atoms with E-state index < -0.39 is 4.92 Å². The van der Waals surface area contributed by atoms with Crippen LogP contribution in [-0.2, 0) is 4.79 Å². The van der Waals surface area contributed by atoms with Crippen LogP contribution in [0.5, 0.6) is 0 Å². The summed E-state index contributed by atoms with van der Waals surface area (Å²) in [6, 6.07) is 4.25. The summed E-state index contributed by atoms with van der Waals surface area (Å²) in [6.45, 7) is 4.40. The first kappa shape index (κ1) is 17.7. The van der Waals surface area contributed by atoms with Gasteiger partial charge >= 0.3 is 0 Å². The molecule has 0 aliphatic heterocycles. The molecule has 1 aliphatic rings. The zero-order valence-electron chi connectivity index (χ0n) is 13.8. The van der Waals surface area contributed by atoms with Gasteiger partial charge in [-0.1, -0.05) is 0 Å². The van der Waals surface area contributed by atoms with Crippen LogP contribution < -0.4 is 16.0 Å². The van der Waals surface area contributed by atoms with Gasteiger partial charge < -0.3 is 16.0 Å². The van der Waals surface area contributed by atoms with Gasteiger partial charge in [0.1, 0.15) is 5.69 Å². The van der Waals surface area contributed by atoms with Gasteiger partial charge in [0.25, 0.3) is 11.6 Å². The maximum Gasteiger partial charge on any atom is 0.293 e. The normalized spacial score (nSPS) is 13.5. The van der Waals surface area contributed by atoms with Crippen LogP contribution in [0.25, 0.3) is 0 Å².